The Morgan fingerprint density at radius 1 is 1.30 bits per heavy atom. The van der Waals surface area contributed by atoms with Crippen LogP contribution in [0.15, 0.2) is 35.1 Å². The molecule has 6 nitrogen and oxygen atoms in total. The van der Waals surface area contributed by atoms with Gasteiger partial charge in [-0.1, -0.05) is 15.9 Å². The van der Waals surface area contributed by atoms with Crippen molar-refractivity contribution in [1.82, 2.24) is 9.97 Å². The lowest BCUT2D eigenvalue weighted by atomic mass is 10.2. The van der Waals surface area contributed by atoms with Crippen molar-refractivity contribution in [3.8, 4) is 0 Å². The van der Waals surface area contributed by atoms with Gasteiger partial charge in [0.05, 0.1) is 0 Å². The van der Waals surface area contributed by atoms with E-state index in [1.807, 2.05) is 25.1 Å². The summed E-state index contributed by atoms with van der Waals surface area (Å²) in [6.07, 6.45) is 2.24. The predicted octanol–water partition coefficient (Wildman–Crippen LogP) is 3.25. The molecule has 1 heterocycles. The van der Waals surface area contributed by atoms with E-state index in [0.29, 0.717) is 18.1 Å². The third-order valence-electron chi connectivity index (χ3n) is 3.17. The molecule has 0 saturated carbocycles. The van der Waals surface area contributed by atoms with Gasteiger partial charge in [0.25, 0.3) is 5.91 Å². The summed E-state index contributed by atoms with van der Waals surface area (Å²) in [6, 6.07) is 7.31. The third kappa shape index (κ3) is 5.30. The quantitative estimate of drug-likeness (QED) is 0.723. The molecule has 2 N–H and O–H groups in total. The Bertz CT molecular complexity index is 679. The van der Waals surface area contributed by atoms with E-state index in [1.165, 1.54) is 6.33 Å². The maximum absolute atomic E-state index is 12.3. The molecule has 0 aliphatic rings. The lowest BCUT2D eigenvalue weighted by Gasteiger charge is -2.09. The molecule has 1 amide bonds. The number of aryl methyl sites for hydroxylation is 1. The van der Waals surface area contributed by atoms with Crippen molar-refractivity contribution in [2.75, 3.05) is 30.9 Å². The van der Waals surface area contributed by atoms with Gasteiger partial charge in [-0.05, 0) is 37.1 Å². The van der Waals surface area contributed by atoms with E-state index >= 15 is 0 Å². The molecule has 0 bridgehead atoms. The van der Waals surface area contributed by atoms with Gasteiger partial charge in [-0.25, -0.2) is 9.97 Å². The summed E-state index contributed by atoms with van der Waals surface area (Å²) in [4.78, 5) is 20.5. The Kier molecular flexibility index (Phi) is 6.49. The smallest absolute Gasteiger partial charge is 0.274 e. The molecule has 7 heteroatoms. The van der Waals surface area contributed by atoms with E-state index < -0.39 is 0 Å². The minimum absolute atomic E-state index is 0.266. The number of hydrogen-bond donors (Lipinski definition) is 2. The van der Waals surface area contributed by atoms with E-state index in [1.54, 1.807) is 13.2 Å². The van der Waals surface area contributed by atoms with E-state index in [2.05, 4.69) is 36.5 Å². The summed E-state index contributed by atoms with van der Waals surface area (Å²) < 4.78 is 5.96. The van der Waals surface area contributed by atoms with Crippen LogP contribution in [0.2, 0.25) is 0 Å². The molecule has 0 fully saturated rings. The van der Waals surface area contributed by atoms with Gasteiger partial charge < -0.3 is 15.4 Å². The van der Waals surface area contributed by atoms with E-state index in [-0.39, 0.29) is 5.91 Å². The van der Waals surface area contributed by atoms with Crippen LogP contribution in [0, 0.1) is 6.92 Å². The number of halogens is 1. The van der Waals surface area contributed by atoms with Crippen molar-refractivity contribution in [3.05, 3.63) is 46.3 Å². The van der Waals surface area contributed by atoms with E-state index in [9.17, 15) is 4.79 Å². The van der Waals surface area contributed by atoms with Gasteiger partial charge in [-0.2, -0.15) is 0 Å². The largest absolute Gasteiger partial charge is 0.385 e. The number of ether oxygens (including phenoxy) is 1. The summed E-state index contributed by atoms with van der Waals surface area (Å²) in [7, 11) is 1.66. The fourth-order valence-electron chi connectivity index (χ4n) is 1.96. The van der Waals surface area contributed by atoms with Gasteiger partial charge >= 0.3 is 0 Å². The Hall–Kier alpha value is -1.99. The Balaban J connectivity index is 2.01. The number of aromatic nitrogens is 2. The van der Waals surface area contributed by atoms with Crippen LogP contribution in [0.1, 0.15) is 22.5 Å². The zero-order valence-electron chi connectivity index (χ0n) is 13.1. The summed E-state index contributed by atoms with van der Waals surface area (Å²) >= 11 is 3.40. The van der Waals surface area contributed by atoms with Crippen LogP contribution in [-0.4, -0.2) is 36.1 Å². The number of nitrogens with zero attached hydrogens (tertiary/aromatic N) is 2. The number of rotatable bonds is 7. The monoisotopic (exact) mass is 378 g/mol. The Morgan fingerprint density at radius 3 is 2.87 bits per heavy atom. The number of carbonyl (C=O) groups excluding carboxylic acids is 1. The first-order chi connectivity index (χ1) is 11.1. The zero-order chi connectivity index (χ0) is 16.7. The Morgan fingerprint density at radius 2 is 2.13 bits per heavy atom. The van der Waals surface area contributed by atoms with Crippen LogP contribution < -0.4 is 10.6 Å². The molecule has 0 aliphatic carbocycles. The van der Waals surface area contributed by atoms with Crippen molar-refractivity contribution < 1.29 is 9.53 Å². The summed E-state index contributed by atoms with van der Waals surface area (Å²) in [5, 5.41) is 6.00. The predicted molar refractivity (Wildman–Crippen MR) is 93.8 cm³/mol. The highest BCUT2D eigenvalue weighted by molar-refractivity contribution is 9.10. The number of nitrogens with one attached hydrogen (secondary N) is 2. The highest BCUT2D eigenvalue weighted by atomic mass is 79.9. The fraction of sp³-hybridized carbons (Fsp3) is 0.312. The highest BCUT2D eigenvalue weighted by Gasteiger charge is 2.10. The minimum atomic E-state index is -0.266. The van der Waals surface area contributed by atoms with Crippen molar-refractivity contribution in [1.29, 1.82) is 0 Å². The number of amides is 1. The topological polar surface area (TPSA) is 76.1 Å². The van der Waals surface area contributed by atoms with E-state index in [0.717, 1.165) is 28.7 Å². The number of methoxy groups -OCH3 is 1. The molecule has 0 radical (unpaired) electrons. The summed E-state index contributed by atoms with van der Waals surface area (Å²) in [6.45, 7) is 3.33. The molecular formula is C16H19BrN4O2. The molecule has 0 saturated heterocycles. The lowest BCUT2D eigenvalue weighted by molar-refractivity contribution is 0.102. The second-order valence-corrected chi connectivity index (χ2v) is 5.89. The van der Waals surface area contributed by atoms with Crippen molar-refractivity contribution in [3.63, 3.8) is 0 Å². The summed E-state index contributed by atoms with van der Waals surface area (Å²) in [5.41, 5.74) is 2.04. The van der Waals surface area contributed by atoms with Crippen LogP contribution in [-0.2, 0) is 4.74 Å². The van der Waals surface area contributed by atoms with Crippen molar-refractivity contribution >= 4 is 33.3 Å². The number of carbonyl (C=O) groups is 1. The molecule has 2 rings (SSSR count). The average molecular weight is 379 g/mol. The molecule has 122 valence electrons. The molecule has 0 unspecified atom stereocenters. The number of hydrogen-bond acceptors (Lipinski definition) is 5. The van der Waals surface area contributed by atoms with Crippen LogP contribution >= 0.6 is 15.9 Å². The molecule has 0 spiro atoms. The van der Waals surface area contributed by atoms with Crippen molar-refractivity contribution in [2.45, 2.75) is 13.3 Å². The van der Waals surface area contributed by atoms with Crippen LogP contribution in [0.4, 0.5) is 11.5 Å². The number of benzene rings is 1. The first-order valence-corrected chi connectivity index (χ1v) is 8.02. The highest BCUT2D eigenvalue weighted by Crippen LogP contribution is 2.20. The van der Waals surface area contributed by atoms with Gasteiger partial charge in [0, 0.05) is 36.5 Å². The SMILES string of the molecule is COCCCNc1cc(C(=O)Nc2ccc(Br)cc2C)ncn1. The fourth-order valence-corrected chi connectivity index (χ4v) is 2.44. The number of anilines is 2. The van der Waals surface area contributed by atoms with Crippen LogP contribution in [0.5, 0.6) is 0 Å². The van der Waals surface area contributed by atoms with E-state index in [4.69, 9.17) is 4.74 Å². The second-order valence-electron chi connectivity index (χ2n) is 4.97. The van der Waals surface area contributed by atoms with Gasteiger partial charge in [0.2, 0.25) is 0 Å². The maximum atomic E-state index is 12.3. The van der Waals surface area contributed by atoms with Crippen LogP contribution in [0.25, 0.3) is 0 Å². The molecule has 2 aromatic rings. The maximum Gasteiger partial charge on any atom is 0.274 e. The first-order valence-electron chi connectivity index (χ1n) is 7.22. The van der Waals surface area contributed by atoms with Crippen molar-refractivity contribution in [2.24, 2.45) is 0 Å². The van der Waals surface area contributed by atoms with Gasteiger partial charge in [0.15, 0.2) is 0 Å². The first kappa shape index (κ1) is 17.4. The van der Waals surface area contributed by atoms with Gasteiger partial charge in [-0.3, -0.25) is 4.79 Å². The normalized spacial score (nSPS) is 10.4. The minimum Gasteiger partial charge on any atom is -0.385 e. The molecule has 0 aliphatic heterocycles. The second kappa shape index (κ2) is 8.59. The van der Waals surface area contributed by atoms with Gasteiger partial charge in [0.1, 0.15) is 17.8 Å². The standard InChI is InChI=1S/C16H19BrN4O2/c1-11-8-12(17)4-5-13(11)21-16(22)14-9-15(20-10-19-14)18-6-3-7-23-2/h4-5,8-10H,3,6-7H2,1-2H3,(H,21,22)(H,18,19,20). The molecular weight excluding hydrogens is 360 g/mol. The molecule has 1 aromatic carbocycles. The lowest BCUT2D eigenvalue weighted by Crippen LogP contribution is -2.15. The summed E-state index contributed by atoms with van der Waals surface area (Å²) in [5.74, 6) is 0.353. The average Bonchev–Trinajstić information content (AvgIpc) is 2.54. The van der Waals surface area contributed by atoms with Crippen LogP contribution in [0.3, 0.4) is 0 Å². The molecule has 1 aromatic heterocycles. The van der Waals surface area contributed by atoms with Gasteiger partial charge in [-0.15, -0.1) is 0 Å². The molecule has 0 atom stereocenters. The molecule has 23 heavy (non-hydrogen) atoms. The Labute approximate surface area is 143 Å². The zero-order valence-corrected chi connectivity index (χ0v) is 14.7. The third-order valence-corrected chi connectivity index (χ3v) is 3.66.